The number of rotatable bonds is 6. The van der Waals surface area contributed by atoms with Crippen LogP contribution in [0.4, 0.5) is 5.69 Å². The molecule has 0 bridgehead atoms. The largest absolute Gasteiger partial charge is 0.492 e. The van der Waals surface area contributed by atoms with Gasteiger partial charge < -0.3 is 14.5 Å². The second-order valence-corrected chi connectivity index (χ2v) is 9.45. The minimum absolute atomic E-state index is 0.000247. The number of carbonyl (C=O) groups is 1. The van der Waals surface area contributed by atoms with Crippen molar-refractivity contribution in [2.45, 2.75) is 19.4 Å². The first-order valence-electron chi connectivity index (χ1n) is 9.55. The van der Waals surface area contributed by atoms with E-state index in [0.717, 1.165) is 37.6 Å². The number of hydrogen-bond donors (Lipinski definition) is 0. The first-order chi connectivity index (χ1) is 12.9. The molecule has 2 heterocycles. The van der Waals surface area contributed by atoms with Crippen LogP contribution < -0.4 is 9.64 Å². The number of benzene rings is 1. The molecule has 1 atom stereocenters. The van der Waals surface area contributed by atoms with E-state index in [1.807, 2.05) is 25.1 Å². The Morgan fingerprint density at radius 2 is 1.93 bits per heavy atom. The van der Waals surface area contributed by atoms with E-state index in [9.17, 15) is 13.2 Å². The molecule has 0 unspecified atom stereocenters. The van der Waals surface area contributed by atoms with Gasteiger partial charge in [-0.15, -0.1) is 0 Å². The summed E-state index contributed by atoms with van der Waals surface area (Å²) in [7, 11) is -1.26. The van der Waals surface area contributed by atoms with E-state index in [2.05, 4.69) is 15.9 Å². The molecule has 150 valence electrons. The van der Waals surface area contributed by atoms with Gasteiger partial charge in [0.2, 0.25) is 5.91 Å². The highest BCUT2D eigenvalue weighted by Crippen LogP contribution is 2.28. The summed E-state index contributed by atoms with van der Waals surface area (Å²) in [5, 5.41) is 0. The van der Waals surface area contributed by atoms with Gasteiger partial charge in [-0.3, -0.25) is 9.69 Å². The zero-order chi connectivity index (χ0) is 19.4. The Kier molecular flexibility index (Phi) is 6.26. The van der Waals surface area contributed by atoms with Crippen LogP contribution in [0.3, 0.4) is 0 Å². The summed E-state index contributed by atoms with van der Waals surface area (Å²) in [6.45, 7) is 6.21. The highest BCUT2D eigenvalue weighted by atomic mass is 32.2. The number of piperazine rings is 1. The van der Waals surface area contributed by atoms with Gasteiger partial charge in [0.05, 0.1) is 30.3 Å². The topological polar surface area (TPSA) is 70.2 Å². The Balaban J connectivity index is 1.52. The van der Waals surface area contributed by atoms with Crippen LogP contribution in [0.5, 0.6) is 5.75 Å². The lowest BCUT2D eigenvalue weighted by Crippen LogP contribution is -2.51. The predicted octanol–water partition coefficient (Wildman–Crippen LogP) is 0.853. The van der Waals surface area contributed by atoms with E-state index in [-0.39, 0.29) is 23.5 Å². The Labute approximate surface area is 161 Å². The number of hydrogen-bond acceptors (Lipinski definition) is 6. The second kappa shape index (κ2) is 8.48. The number of sulfone groups is 1. The summed E-state index contributed by atoms with van der Waals surface area (Å²) >= 11 is 0. The fourth-order valence-corrected chi connectivity index (χ4v) is 5.50. The van der Waals surface area contributed by atoms with Crippen LogP contribution in [-0.4, -0.2) is 88.1 Å². The molecular formula is C19H29N3O4S. The van der Waals surface area contributed by atoms with Crippen LogP contribution in [0.1, 0.15) is 13.3 Å². The van der Waals surface area contributed by atoms with Crippen LogP contribution in [0.15, 0.2) is 24.3 Å². The predicted molar refractivity (Wildman–Crippen MR) is 106 cm³/mol. The molecule has 2 aliphatic rings. The molecule has 0 spiro atoms. The SMILES string of the molecule is CCOc1ccccc1N1CCN(CC(=O)N(C)[C@@H]2CCS(=O)(=O)C2)CC1. The summed E-state index contributed by atoms with van der Waals surface area (Å²) < 4.78 is 29.0. The molecule has 1 aromatic rings. The van der Waals surface area contributed by atoms with Crippen molar-refractivity contribution in [3.05, 3.63) is 24.3 Å². The minimum Gasteiger partial charge on any atom is -0.492 e. The van der Waals surface area contributed by atoms with Gasteiger partial charge in [0, 0.05) is 39.3 Å². The van der Waals surface area contributed by atoms with Crippen molar-refractivity contribution in [1.29, 1.82) is 0 Å². The lowest BCUT2D eigenvalue weighted by atomic mass is 10.2. The third kappa shape index (κ3) is 4.93. The number of ether oxygens (including phenoxy) is 1. The van der Waals surface area contributed by atoms with E-state index >= 15 is 0 Å². The average Bonchev–Trinajstić information content (AvgIpc) is 3.02. The normalized spacial score (nSPS) is 22.6. The van der Waals surface area contributed by atoms with Gasteiger partial charge in [-0.2, -0.15) is 0 Å². The molecule has 0 aromatic heterocycles. The molecule has 1 amide bonds. The first-order valence-corrected chi connectivity index (χ1v) is 11.4. The van der Waals surface area contributed by atoms with Gasteiger partial charge in [-0.25, -0.2) is 8.42 Å². The molecule has 7 nitrogen and oxygen atoms in total. The third-order valence-corrected chi connectivity index (χ3v) is 7.14. The monoisotopic (exact) mass is 395 g/mol. The van der Waals surface area contributed by atoms with Crippen LogP contribution >= 0.6 is 0 Å². The van der Waals surface area contributed by atoms with Crippen molar-refractivity contribution >= 4 is 21.4 Å². The van der Waals surface area contributed by atoms with E-state index in [4.69, 9.17) is 4.74 Å². The lowest BCUT2D eigenvalue weighted by molar-refractivity contribution is -0.132. The quantitative estimate of drug-likeness (QED) is 0.711. The maximum Gasteiger partial charge on any atom is 0.236 e. The molecule has 2 aliphatic heterocycles. The fraction of sp³-hybridized carbons (Fsp3) is 0.632. The van der Waals surface area contributed by atoms with Crippen LogP contribution in [0.2, 0.25) is 0 Å². The van der Waals surface area contributed by atoms with Crippen LogP contribution in [0, 0.1) is 0 Å². The standard InChI is InChI=1S/C19H29N3O4S/c1-3-26-18-7-5-4-6-17(18)22-11-9-21(10-12-22)14-19(23)20(2)16-8-13-27(24,25)15-16/h4-7,16H,3,8-15H2,1-2H3/t16-/m1/s1. The Morgan fingerprint density at radius 1 is 1.22 bits per heavy atom. The molecular weight excluding hydrogens is 366 g/mol. The Bertz CT molecular complexity index is 760. The zero-order valence-electron chi connectivity index (χ0n) is 16.1. The Hall–Kier alpha value is -1.80. The number of likely N-dealkylation sites (N-methyl/N-ethyl adjacent to an activating group) is 1. The van der Waals surface area contributed by atoms with Gasteiger partial charge in [0.1, 0.15) is 5.75 Å². The van der Waals surface area contributed by atoms with Gasteiger partial charge in [0.25, 0.3) is 0 Å². The smallest absolute Gasteiger partial charge is 0.236 e. The van der Waals surface area contributed by atoms with Crippen molar-refractivity contribution < 1.29 is 17.9 Å². The maximum absolute atomic E-state index is 12.6. The Morgan fingerprint density at radius 3 is 2.56 bits per heavy atom. The first kappa shape index (κ1) is 19.9. The summed E-state index contributed by atoms with van der Waals surface area (Å²) in [5.74, 6) is 1.18. The van der Waals surface area contributed by atoms with Crippen molar-refractivity contribution in [1.82, 2.24) is 9.80 Å². The highest BCUT2D eigenvalue weighted by molar-refractivity contribution is 7.91. The summed E-state index contributed by atoms with van der Waals surface area (Å²) in [6.07, 6.45) is 0.548. The number of nitrogens with zero attached hydrogens (tertiary/aromatic N) is 3. The van der Waals surface area contributed by atoms with Crippen molar-refractivity contribution in [3.63, 3.8) is 0 Å². The molecule has 1 aromatic carbocycles. The third-order valence-electron chi connectivity index (χ3n) is 5.39. The summed E-state index contributed by atoms with van der Waals surface area (Å²) in [5.41, 5.74) is 1.10. The maximum atomic E-state index is 12.6. The molecule has 8 heteroatoms. The zero-order valence-corrected chi connectivity index (χ0v) is 17.0. The molecule has 2 fully saturated rings. The van der Waals surface area contributed by atoms with Crippen LogP contribution in [-0.2, 0) is 14.6 Å². The van der Waals surface area contributed by atoms with Gasteiger partial charge in [-0.05, 0) is 25.5 Å². The van der Waals surface area contributed by atoms with E-state index < -0.39 is 9.84 Å². The lowest BCUT2D eigenvalue weighted by Gasteiger charge is -2.37. The van der Waals surface area contributed by atoms with Gasteiger partial charge in [-0.1, -0.05) is 12.1 Å². The average molecular weight is 396 g/mol. The molecule has 2 saturated heterocycles. The van der Waals surface area contributed by atoms with Crippen molar-refractivity contribution in [2.75, 3.05) is 62.8 Å². The summed E-state index contributed by atoms with van der Waals surface area (Å²) in [6, 6.07) is 7.86. The molecule has 0 radical (unpaired) electrons. The van der Waals surface area contributed by atoms with E-state index in [1.165, 1.54) is 0 Å². The number of para-hydroxylation sites is 2. The number of carbonyl (C=O) groups excluding carboxylic acids is 1. The number of amides is 1. The molecule has 0 aliphatic carbocycles. The number of anilines is 1. The minimum atomic E-state index is -2.98. The molecule has 3 rings (SSSR count). The van der Waals surface area contributed by atoms with E-state index in [1.54, 1.807) is 11.9 Å². The van der Waals surface area contributed by atoms with Crippen LogP contribution in [0.25, 0.3) is 0 Å². The molecule has 0 N–H and O–H groups in total. The highest BCUT2D eigenvalue weighted by Gasteiger charge is 2.33. The van der Waals surface area contributed by atoms with Gasteiger partial charge >= 0.3 is 0 Å². The van der Waals surface area contributed by atoms with Gasteiger partial charge in [0.15, 0.2) is 9.84 Å². The van der Waals surface area contributed by atoms with Crippen molar-refractivity contribution in [2.24, 2.45) is 0 Å². The fourth-order valence-electron chi connectivity index (χ4n) is 3.73. The molecule has 0 saturated carbocycles. The second-order valence-electron chi connectivity index (χ2n) is 7.23. The summed E-state index contributed by atoms with van der Waals surface area (Å²) in [4.78, 5) is 18.6. The van der Waals surface area contributed by atoms with Crippen molar-refractivity contribution in [3.8, 4) is 5.75 Å². The molecule has 27 heavy (non-hydrogen) atoms. The van der Waals surface area contributed by atoms with E-state index in [0.29, 0.717) is 19.6 Å².